The van der Waals surface area contributed by atoms with Crippen LogP contribution in [0.2, 0.25) is 0 Å². The highest BCUT2D eigenvalue weighted by molar-refractivity contribution is 5.67. The van der Waals surface area contributed by atoms with Gasteiger partial charge >= 0.3 is 5.97 Å². The van der Waals surface area contributed by atoms with E-state index in [1.165, 1.54) is 12.8 Å². The Kier molecular flexibility index (Phi) is 2.62. The van der Waals surface area contributed by atoms with Gasteiger partial charge in [0.05, 0.1) is 0 Å². The summed E-state index contributed by atoms with van der Waals surface area (Å²) in [6.07, 6.45) is 8.50. The molecule has 0 spiro atoms. The van der Waals surface area contributed by atoms with Gasteiger partial charge in [-0.2, -0.15) is 0 Å². The summed E-state index contributed by atoms with van der Waals surface area (Å²) in [5.41, 5.74) is 0. The zero-order valence-corrected chi connectivity index (χ0v) is 8.65. The van der Waals surface area contributed by atoms with E-state index in [0.29, 0.717) is 24.2 Å². The number of aliphatic carboxylic acids is 1. The van der Waals surface area contributed by atoms with E-state index < -0.39 is 5.97 Å². The van der Waals surface area contributed by atoms with Crippen molar-refractivity contribution in [2.75, 3.05) is 0 Å². The third kappa shape index (κ3) is 1.70. The summed E-state index contributed by atoms with van der Waals surface area (Å²) in [6.45, 7) is 2.11. The van der Waals surface area contributed by atoms with Crippen LogP contribution in [0.4, 0.5) is 0 Å². The minimum absolute atomic E-state index is 0.359. The van der Waals surface area contributed by atoms with Crippen molar-refractivity contribution in [2.45, 2.75) is 32.6 Å². The van der Waals surface area contributed by atoms with Crippen molar-refractivity contribution >= 4 is 5.97 Å². The standard InChI is InChI=1S/C12H18O2/c1-2-9(7-12(13)14)11-6-8-3-4-10(11)5-8/h3-4,8-11H,2,5-7H2,1H3,(H,13,14). The maximum Gasteiger partial charge on any atom is 0.303 e. The molecule has 1 N–H and O–H groups in total. The predicted octanol–water partition coefficient (Wildman–Crippen LogP) is 2.70. The van der Waals surface area contributed by atoms with Gasteiger partial charge in [-0.3, -0.25) is 4.79 Å². The van der Waals surface area contributed by atoms with Gasteiger partial charge in [-0.25, -0.2) is 0 Å². The lowest BCUT2D eigenvalue weighted by Crippen LogP contribution is -2.21. The molecule has 1 saturated carbocycles. The minimum Gasteiger partial charge on any atom is -0.481 e. The lowest BCUT2D eigenvalue weighted by atomic mass is 9.79. The summed E-state index contributed by atoms with van der Waals surface area (Å²) >= 11 is 0. The van der Waals surface area contributed by atoms with Crippen LogP contribution in [0.15, 0.2) is 12.2 Å². The first-order valence-electron chi connectivity index (χ1n) is 5.60. The topological polar surface area (TPSA) is 37.3 Å². The Morgan fingerprint density at radius 2 is 2.29 bits per heavy atom. The zero-order valence-electron chi connectivity index (χ0n) is 8.65. The fourth-order valence-corrected chi connectivity index (χ4v) is 3.19. The SMILES string of the molecule is CCC(CC(=O)O)C1CC2C=CC1C2. The van der Waals surface area contributed by atoms with Gasteiger partial charge in [0.1, 0.15) is 0 Å². The van der Waals surface area contributed by atoms with E-state index >= 15 is 0 Å². The normalized spacial score (nSPS) is 36.2. The molecule has 2 rings (SSSR count). The Labute approximate surface area is 85.0 Å². The molecule has 78 valence electrons. The van der Waals surface area contributed by atoms with Gasteiger partial charge in [0.25, 0.3) is 0 Å². The van der Waals surface area contributed by atoms with Crippen LogP contribution >= 0.6 is 0 Å². The Morgan fingerprint density at radius 1 is 1.50 bits per heavy atom. The number of carboxylic acid groups (broad SMARTS) is 1. The first-order chi connectivity index (χ1) is 6.70. The third-order valence-corrected chi connectivity index (χ3v) is 3.90. The van der Waals surface area contributed by atoms with E-state index in [4.69, 9.17) is 5.11 Å². The van der Waals surface area contributed by atoms with Crippen LogP contribution in [0.1, 0.15) is 32.6 Å². The number of fused-ring (bicyclic) bond motifs is 2. The second-order valence-electron chi connectivity index (χ2n) is 4.71. The van der Waals surface area contributed by atoms with Gasteiger partial charge in [0.15, 0.2) is 0 Å². The quantitative estimate of drug-likeness (QED) is 0.699. The second-order valence-corrected chi connectivity index (χ2v) is 4.71. The number of hydrogen-bond donors (Lipinski definition) is 1. The highest BCUT2D eigenvalue weighted by Gasteiger charge is 2.39. The molecule has 2 aliphatic carbocycles. The third-order valence-electron chi connectivity index (χ3n) is 3.90. The highest BCUT2D eigenvalue weighted by Crippen LogP contribution is 2.48. The molecule has 0 aromatic rings. The second kappa shape index (κ2) is 3.76. The average molecular weight is 194 g/mol. The van der Waals surface area contributed by atoms with Gasteiger partial charge in [0.2, 0.25) is 0 Å². The van der Waals surface area contributed by atoms with Crippen LogP contribution in [0.25, 0.3) is 0 Å². The highest BCUT2D eigenvalue weighted by atomic mass is 16.4. The fourth-order valence-electron chi connectivity index (χ4n) is 3.19. The smallest absolute Gasteiger partial charge is 0.303 e. The molecule has 0 aromatic heterocycles. The molecule has 14 heavy (non-hydrogen) atoms. The number of carboxylic acids is 1. The summed E-state index contributed by atoms with van der Waals surface area (Å²) in [7, 11) is 0. The molecule has 0 saturated heterocycles. The van der Waals surface area contributed by atoms with Crippen LogP contribution in [0.5, 0.6) is 0 Å². The van der Waals surface area contributed by atoms with E-state index in [0.717, 1.165) is 12.3 Å². The number of rotatable bonds is 4. The number of hydrogen-bond acceptors (Lipinski definition) is 1. The first kappa shape index (κ1) is 9.75. The summed E-state index contributed by atoms with van der Waals surface area (Å²) in [4.78, 5) is 10.7. The summed E-state index contributed by atoms with van der Waals surface area (Å²) in [5, 5.41) is 8.83. The van der Waals surface area contributed by atoms with Crippen molar-refractivity contribution in [3.8, 4) is 0 Å². The molecule has 2 heteroatoms. The Bertz CT molecular complexity index is 257. The maximum absolute atomic E-state index is 10.7. The lowest BCUT2D eigenvalue weighted by Gasteiger charge is -2.26. The molecular formula is C12H18O2. The van der Waals surface area contributed by atoms with Crippen LogP contribution in [0.3, 0.4) is 0 Å². The van der Waals surface area contributed by atoms with E-state index in [9.17, 15) is 4.79 Å². The summed E-state index contributed by atoms with van der Waals surface area (Å²) in [5.74, 6) is 1.85. The van der Waals surface area contributed by atoms with E-state index in [-0.39, 0.29) is 0 Å². The zero-order chi connectivity index (χ0) is 10.1. The molecule has 4 unspecified atom stereocenters. The van der Waals surface area contributed by atoms with Gasteiger partial charge in [-0.05, 0) is 36.5 Å². The monoisotopic (exact) mass is 194 g/mol. The largest absolute Gasteiger partial charge is 0.481 e. The molecule has 1 fully saturated rings. The van der Waals surface area contributed by atoms with E-state index in [1.807, 2.05) is 0 Å². The van der Waals surface area contributed by atoms with Crippen molar-refractivity contribution in [1.29, 1.82) is 0 Å². The molecule has 2 aliphatic rings. The van der Waals surface area contributed by atoms with Crippen LogP contribution < -0.4 is 0 Å². The van der Waals surface area contributed by atoms with E-state index in [1.54, 1.807) is 0 Å². The Morgan fingerprint density at radius 3 is 2.71 bits per heavy atom. The fraction of sp³-hybridized carbons (Fsp3) is 0.750. The minimum atomic E-state index is -0.636. The molecule has 0 heterocycles. The van der Waals surface area contributed by atoms with Crippen molar-refractivity contribution < 1.29 is 9.90 Å². The molecule has 0 aromatic carbocycles. The molecule has 0 amide bonds. The Balaban J connectivity index is 1.99. The van der Waals surface area contributed by atoms with E-state index in [2.05, 4.69) is 19.1 Å². The molecule has 2 nitrogen and oxygen atoms in total. The van der Waals surface area contributed by atoms with Crippen LogP contribution in [0, 0.1) is 23.7 Å². The van der Waals surface area contributed by atoms with Crippen molar-refractivity contribution in [3.05, 3.63) is 12.2 Å². The van der Waals surface area contributed by atoms with Crippen LogP contribution in [-0.2, 0) is 4.79 Å². The van der Waals surface area contributed by atoms with Gasteiger partial charge in [-0.1, -0.05) is 25.5 Å². The maximum atomic E-state index is 10.7. The summed E-state index contributed by atoms with van der Waals surface area (Å²) < 4.78 is 0. The molecule has 0 radical (unpaired) electrons. The van der Waals surface area contributed by atoms with Crippen molar-refractivity contribution in [1.82, 2.24) is 0 Å². The van der Waals surface area contributed by atoms with Gasteiger partial charge in [-0.15, -0.1) is 0 Å². The van der Waals surface area contributed by atoms with Crippen molar-refractivity contribution in [2.24, 2.45) is 23.7 Å². The molecule has 4 atom stereocenters. The van der Waals surface area contributed by atoms with Crippen molar-refractivity contribution in [3.63, 3.8) is 0 Å². The predicted molar refractivity (Wildman–Crippen MR) is 54.9 cm³/mol. The molecule has 2 bridgehead atoms. The van der Waals surface area contributed by atoms with Gasteiger partial charge in [0, 0.05) is 6.42 Å². The van der Waals surface area contributed by atoms with Crippen LogP contribution in [-0.4, -0.2) is 11.1 Å². The number of carbonyl (C=O) groups is 1. The molecular weight excluding hydrogens is 176 g/mol. The van der Waals surface area contributed by atoms with Gasteiger partial charge < -0.3 is 5.11 Å². The Hall–Kier alpha value is -0.790. The lowest BCUT2D eigenvalue weighted by molar-refractivity contribution is -0.138. The first-order valence-corrected chi connectivity index (χ1v) is 5.60. The summed E-state index contributed by atoms with van der Waals surface area (Å²) in [6, 6.07) is 0. The average Bonchev–Trinajstić information content (AvgIpc) is 2.74. The molecule has 0 aliphatic heterocycles. The number of allylic oxidation sites excluding steroid dienone is 2.